The molecule has 0 spiro atoms. The molecule has 0 radical (unpaired) electrons. The first-order chi connectivity index (χ1) is 13.5. The fourth-order valence-corrected chi connectivity index (χ4v) is 3.01. The van der Waals surface area contributed by atoms with E-state index < -0.39 is 17.5 Å². The number of hydrogen-bond donors (Lipinski definition) is 1. The van der Waals surface area contributed by atoms with Gasteiger partial charge in [-0.15, -0.1) is 0 Å². The van der Waals surface area contributed by atoms with Crippen LogP contribution in [0.15, 0.2) is 42.6 Å². The molecule has 0 fully saturated rings. The summed E-state index contributed by atoms with van der Waals surface area (Å²) in [6.07, 6.45) is 1.55. The lowest BCUT2D eigenvalue weighted by Gasteiger charge is -2.20. The fraction of sp³-hybridized carbons (Fsp3) is 0.200. The zero-order valence-corrected chi connectivity index (χ0v) is 15.0. The Kier molecular flexibility index (Phi) is 4.68. The van der Waals surface area contributed by atoms with E-state index >= 15 is 0 Å². The molecule has 0 unspecified atom stereocenters. The topological polar surface area (TPSA) is 65.4 Å². The average molecular weight is 385 g/mol. The molecule has 1 amide bonds. The van der Waals surface area contributed by atoms with Crippen molar-refractivity contribution in [2.24, 2.45) is 0 Å². The highest BCUT2D eigenvalue weighted by Gasteiger charge is 2.22. The van der Waals surface area contributed by atoms with Gasteiger partial charge >= 0.3 is 0 Å². The average Bonchev–Trinajstić information content (AvgIpc) is 3.03. The highest BCUT2D eigenvalue weighted by molar-refractivity contribution is 6.06. The van der Waals surface area contributed by atoms with Gasteiger partial charge in [-0.05, 0) is 37.3 Å². The predicted octanol–water partition coefficient (Wildman–Crippen LogP) is 3.54. The third kappa shape index (κ3) is 3.40. The second-order valence-corrected chi connectivity index (χ2v) is 6.35. The van der Waals surface area contributed by atoms with Crippen LogP contribution in [0.1, 0.15) is 21.5 Å². The molecule has 8 heteroatoms. The second-order valence-electron chi connectivity index (χ2n) is 6.35. The number of halogens is 2. The summed E-state index contributed by atoms with van der Waals surface area (Å²) >= 11 is 0. The Bertz CT molecular complexity index is 1050. The number of anilines is 1. The summed E-state index contributed by atoms with van der Waals surface area (Å²) in [5, 5.41) is 6.96. The molecule has 4 rings (SSSR count). The minimum atomic E-state index is -0.547. The van der Waals surface area contributed by atoms with E-state index in [2.05, 4.69) is 10.4 Å². The van der Waals surface area contributed by atoms with Crippen molar-refractivity contribution in [1.82, 2.24) is 9.78 Å². The van der Waals surface area contributed by atoms with Gasteiger partial charge in [-0.1, -0.05) is 6.07 Å². The van der Waals surface area contributed by atoms with Gasteiger partial charge in [-0.25, -0.2) is 13.5 Å². The zero-order chi connectivity index (χ0) is 19.7. The maximum absolute atomic E-state index is 14.0. The highest BCUT2D eigenvalue weighted by Crippen LogP contribution is 2.34. The molecule has 144 valence electrons. The fourth-order valence-electron chi connectivity index (χ4n) is 3.01. The van der Waals surface area contributed by atoms with Crippen LogP contribution in [0.25, 0.3) is 0 Å². The summed E-state index contributed by atoms with van der Waals surface area (Å²) in [5.41, 5.74) is 1.14. The minimum Gasteiger partial charge on any atom is -0.486 e. The number of aryl methyl sites for hydroxylation is 1. The van der Waals surface area contributed by atoms with E-state index in [1.165, 1.54) is 4.68 Å². The second kappa shape index (κ2) is 7.30. The number of aromatic nitrogens is 2. The molecule has 0 atom stereocenters. The third-order valence-corrected chi connectivity index (χ3v) is 4.39. The lowest BCUT2D eigenvalue weighted by Crippen LogP contribution is -2.21. The number of para-hydroxylation sites is 1. The molecular formula is C20H17F2N3O3. The lowest BCUT2D eigenvalue weighted by atomic mass is 10.1. The first-order valence-electron chi connectivity index (χ1n) is 8.69. The van der Waals surface area contributed by atoms with Crippen molar-refractivity contribution < 1.29 is 23.0 Å². The van der Waals surface area contributed by atoms with Crippen LogP contribution in [0.2, 0.25) is 0 Å². The molecule has 0 bridgehead atoms. The monoisotopic (exact) mass is 385 g/mol. The minimum absolute atomic E-state index is 0.0282. The number of ether oxygens (including phenoxy) is 2. The molecule has 2 aromatic carbocycles. The maximum atomic E-state index is 14.0. The van der Waals surface area contributed by atoms with Crippen LogP contribution in [0.5, 0.6) is 11.5 Å². The number of carbonyl (C=O) groups excluding carboxylic acids is 1. The van der Waals surface area contributed by atoms with Crippen LogP contribution in [0.4, 0.5) is 14.6 Å². The highest BCUT2D eigenvalue weighted by atomic mass is 19.1. The molecule has 1 aromatic heterocycles. The van der Waals surface area contributed by atoms with Gasteiger partial charge in [0.25, 0.3) is 5.91 Å². The van der Waals surface area contributed by atoms with E-state index in [-0.39, 0.29) is 12.1 Å². The Morgan fingerprint density at radius 2 is 2.04 bits per heavy atom. The van der Waals surface area contributed by atoms with Crippen molar-refractivity contribution in [2.45, 2.75) is 13.5 Å². The van der Waals surface area contributed by atoms with Crippen molar-refractivity contribution in [3.05, 3.63) is 70.9 Å². The van der Waals surface area contributed by atoms with E-state index in [0.717, 1.165) is 18.2 Å². The van der Waals surface area contributed by atoms with Crippen molar-refractivity contribution in [1.29, 1.82) is 0 Å². The number of rotatable bonds is 4. The first kappa shape index (κ1) is 18.0. The normalized spacial score (nSPS) is 12.7. The van der Waals surface area contributed by atoms with Gasteiger partial charge in [-0.3, -0.25) is 4.79 Å². The van der Waals surface area contributed by atoms with Gasteiger partial charge in [0.05, 0.1) is 18.3 Å². The number of amides is 1. The molecule has 0 saturated heterocycles. The molecule has 28 heavy (non-hydrogen) atoms. The lowest BCUT2D eigenvalue weighted by molar-refractivity contribution is 0.101. The Morgan fingerprint density at radius 3 is 2.89 bits per heavy atom. The predicted molar refractivity (Wildman–Crippen MR) is 97.8 cm³/mol. The Balaban J connectivity index is 1.62. The van der Waals surface area contributed by atoms with Crippen molar-refractivity contribution in [3.63, 3.8) is 0 Å². The number of nitrogens with one attached hydrogen (secondary N) is 1. The standard InChI is InChI=1S/C20H17F2N3O3/c1-12-10-23-25(11-13-9-14(21)5-6-16(13)22)19(12)24-20(26)15-3-2-4-17-18(15)28-8-7-27-17/h2-6,9-10H,7-8,11H2,1H3,(H,24,26). The van der Waals surface area contributed by atoms with Gasteiger partial charge in [0, 0.05) is 11.1 Å². The van der Waals surface area contributed by atoms with Crippen LogP contribution in [0.3, 0.4) is 0 Å². The Hall–Kier alpha value is -3.42. The zero-order valence-electron chi connectivity index (χ0n) is 15.0. The molecular weight excluding hydrogens is 368 g/mol. The van der Waals surface area contributed by atoms with Gasteiger partial charge in [0.15, 0.2) is 11.5 Å². The van der Waals surface area contributed by atoms with E-state index in [4.69, 9.17) is 9.47 Å². The number of hydrogen-bond acceptors (Lipinski definition) is 4. The van der Waals surface area contributed by atoms with Crippen LogP contribution in [-0.4, -0.2) is 28.9 Å². The molecule has 0 saturated carbocycles. The Labute approximate surface area is 159 Å². The molecule has 1 aliphatic rings. The van der Waals surface area contributed by atoms with Crippen molar-refractivity contribution in [2.75, 3.05) is 18.5 Å². The molecule has 0 aliphatic carbocycles. The van der Waals surface area contributed by atoms with Crippen molar-refractivity contribution >= 4 is 11.7 Å². The summed E-state index contributed by atoms with van der Waals surface area (Å²) in [4.78, 5) is 12.8. The first-order valence-corrected chi connectivity index (χ1v) is 8.69. The van der Waals surface area contributed by atoms with Crippen LogP contribution in [-0.2, 0) is 6.54 Å². The van der Waals surface area contributed by atoms with Crippen LogP contribution in [0, 0.1) is 18.6 Å². The molecule has 6 nitrogen and oxygen atoms in total. The summed E-state index contributed by atoms with van der Waals surface area (Å²) in [6, 6.07) is 8.29. The van der Waals surface area contributed by atoms with E-state index in [1.54, 1.807) is 31.3 Å². The van der Waals surface area contributed by atoms with Gasteiger partial charge in [0.1, 0.15) is 30.7 Å². The SMILES string of the molecule is Cc1cnn(Cc2cc(F)ccc2F)c1NC(=O)c1cccc2c1OCCO2. The third-order valence-electron chi connectivity index (χ3n) is 4.39. The molecule has 1 N–H and O–H groups in total. The van der Waals surface area contributed by atoms with Crippen LogP contribution < -0.4 is 14.8 Å². The quantitative estimate of drug-likeness (QED) is 0.746. The number of benzene rings is 2. The van der Waals surface area contributed by atoms with Gasteiger partial charge in [-0.2, -0.15) is 5.10 Å². The van der Waals surface area contributed by atoms with Crippen molar-refractivity contribution in [3.8, 4) is 11.5 Å². The van der Waals surface area contributed by atoms with Gasteiger partial charge in [0.2, 0.25) is 0 Å². The largest absolute Gasteiger partial charge is 0.486 e. The molecule has 3 aromatic rings. The van der Waals surface area contributed by atoms with Gasteiger partial charge < -0.3 is 14.8 Å². The summed E-state index contributed by atoms with van der Waals surface area (Å²) in [6.45, 7) is 2.51. The molecule has 2 heterocycles. The maximum Gasteiger partial charge on any atom is 0.260 e. The number of nitrogens with zero attached hydrogens (tertiary/aromatic N) is 2. The van der Waals surface area contributed by atoms with E-state index in [0.29, 0.717) is 41.7 Å². The smallest absolute Gasteiger partial charge is 0.260 e. The number of carbonyl (C=O) groups is 1. The summed E-state index contributed by atoms with van der Waals surface area (Å²) < 4.78 is 39.9. The van der Waals surface area contributed by atoms with E-state index in [9.17, 15) is 13.6 Å². The molecule has 1 aliphatic heterocycles. The van der Waals surface area contributed by atoms with Crippen LogP contribution >= 0.6 is 0 Å². The summed E-state index contributed by atoms with van der Waals surface area (Å²) in [7, 11) is 0. The number of fused-ring (bicyclic) bond motifs is 1. The summed E-state index contributed by atoms with van der Waals surface area (Å²) in [5.74, 6) is -0.222. The van der Waals surface area contributed by atoms with E-state index in [1.807, 2.05) is 0 Å². The Morgan fingerprint density at radius 1 is 1.21 bits per heavy atom.